The number of carbonyl (C=O) groups excluding carboxylic acids is 1. The van der Waals surface area contributed by atoms with Gasteiger partial charge in [-0.3, -0.25) is 9.59 Å². The molecule has 114 valence electrons. The van der Waals surface area contributed by atoms with Crippen LogP contribution in [0.25, 0.3) is 0 Å². The molecule has 1 aromatic carbocycles. The van der Waals surface area contributed by atoms with Gasteiger partial charge in [0.15, 0.2) is 6.61 Å². The zero-order chi connectivity index (χ0) is 15.4. The number of fused-ring (bicyclic) bond motifs is 1. The number of hydrogen-bond acceptors (Lipinski definition) is 5. The van der Waals surface area contributed by atoms with E-state index in [0.717, 1.165) is 0 Å². The molecule has 4 N–H and O–H groups in total. The topological polar surface area (TPSA) is 108 Å². The Labute approximate surface area is 121 Å². The van der Waals surface area contributed by atoms with Crippen LogP contribution in [0, 0.1) is 0 Å². The van der Waals surface area contributed by atoms with Gasteiger partial charge in [-0.25, -0.2) is 0 Å². The molecule has 0 bridgehead atoms. The zero-order valence-corrected chi connectivity index (χ0v) is 11.6. The van der Waals surface area contributed by atoms with Gasteiger partial charge in [0.1, 0.15) is 11.8 Å². The van der Waals surface area contributed by atoms with Crippen LogP contribution in [0.3, 0.4) is 0 Å². The van der Waals surface area contributed by atoms with E-state index in [0.29, 0.717) is 30.0 Å². The predicted molar refractivity (Wildman–Crippen MR) is 75.2 cm³/mol. The molecule has 1 aliphatic heterocycles. The summed E-state index contributed by atoms with van der Waals surface area (Å²) in [6.07, 6.45) is -0.381. The Hall–Kier alpha value is -2.12. The number of carbonyl (C=O) groups is 2. The second-order valence-electron chi connectivity index (χ2n) is 4.91. The molecule has 0 aromatic heterocycles. The van der Waals surface area contributed by atoms with Crippen LogP contribution in [-0.2, 0) is 9.59 Å². The van der Waals surface area contributed by atoms with E-state index in [1.807, 2.05) is 0 Å². The number of nitrogens with one attached hydrogen (secondary N) is 2. The van der Waals surface area contributed by atoms with Crippen molar-refractivity contribution in [2.75, 3.05) is 18.5 Å². The van der Waals surface area contributed by atoms with Gasteiger partial charge in [0.05, 0.1) is 11.8 Å². The molecule has 2 rings (SSSR count). The minimum atomic E-state index is -0.932. The Balaban J connectivity index is 1.93. The summed E-state index contributed by atoms with van der Waals surface area (Å²) in [6, 6.07) is 4.42. The highest BCUT2D eigenvalue weighted by atomic mass is 16.5. The van der Waals surface area contributed by atoms with Gasteiger partial charge < -0.3 is 25.6 Å². The molecule has 2 unspecified atom stereocenters. The standard InChI is InChI=1S/C14H18N2O5/c1-8(14(19)20)15-5-4-11(17)9-2-3-12-10(6-9)16-13(18)7-21-12/h2-3,6,8,11,15,17H,4-5,7H2,1H3,(H,16,18)(H,19,20). The number of hydrogen-bond donors (Lipinski definition) is 4. The second-order valence-corrected chi connectivity index (χ2v) is 4.91. The number of aliphatic hydroxyl groups excluding tert-OH is 1. The van der Waals surface area contributed by atoms with Gasteiger partial charge in [-0.1, -0.05) is 6.07 Å². The molecule has 1 heterocycles. The molecule has 21 heavy (non-hydrogen) atoms. The van der Waals surface area contributed by atoms with Crippen molar-refractivity contribution < 1.29 is 24.5 Å². The van der Waals surface area contributed by atoms with E-state index >= 15 is 0 Å². The molecule has 0 spiro atoms. The minimum Gasteiger partial charge on any atom is -0.482 e. The maximum absolute atomic E-state index is 11.3. The van der Waals surface area contributed by atoms with E-state index < -0.39 is 18.1 Å². The van der Waals surface area contributed by atoms with Gasteiger partial charge >= 0.3 is 5.97 Å². The molecule has 0 fully saturated rings. The maximum Gasteiger partial charge on any atom is 0.320 e. The van der Waals surface area contributed by atoms with E-state index in [1.165, 1.54) is 0 Å². The summed E-state index contributed by atoms with van der Waals surface area (Å²) < 4.78 is 5.24. The summed E-state index contributed by atoms with van der Waals surface area (Å²) in [4.78, 5) is 21.9. The smallest absolute Gasteiger partial charge is 0.320 e. The second kappa shape index (κ2) is 6.55. The van der Waals surface area contributed by atoms with Crippen molar-refractivity contribution in [3.8, 4) is 5.75 Å². The first-order chi connectivity index (χ1) is 9.97. The predicted octanol–water partition coefficient (Wildman–Crippen LogP) is 0.504. The maximum atomic E-state index is 11.3. The summed E-state index contributed by atoms with van der Waals surface area (Å²) in [5.74, 6) is -0.590. The molecule has 0 saturated carbocycles. The SMILES string of the molecule is CC(NCCC(O)c1ccc2c(c1)NC(=O)CO2)C(=O)O. The number of benzene rings is 1. The van der Waals surface area contributed by atoms with Gasteiger partial charge in [-0.15, -0.1) is 0 Å². The Bertz CT molecular complexity index is 546. The monoisotopic (exact) mass is 294 g/mol. The third-order valence-electron chi connectivity index (χ3n) is 3.26. The average Bonchev–Trinajstić information content (AvgIpc) is 2.45. The van der Waals surface area contributed by atoms with Crippen LogP contribution in [0.2, 0.25) is 0 Å². The molecular formula is C14H18N2O5. The number of anilines is 1. The highest BCUT2D eigenvalue weighted by Crippen LogP contribution is 2.31. The Morgan fingerprint density at radius 1 is 1.52 bits per heavy atom. The van der Waals surface area contributed by atoms with Crippen LogP contribution < -0.4 is 15.4 Å². The minimum absolute atomic E-state index is 0.00804. The number of carboxylic acids is 1. The molecular weight excluding hydrogens is 276 g/mol. The molecule has 1 aliphatic rings. The van der Waals surface area contributed by atoms with Gasteiger partial charge in [-0.2, -0.15) is 0 Å². The average molecular weight is 294 g/mol. The first-order valence-electron chi connectivity index (χ1n) is 6.68. The first kappa shape index (κ1) is 15.3. The number of ether oxygens (including phenoxy) is 1. The van der Waals surface area contributed by atoms with Crippen molar-refractivity contribution in [3.05, 3.63) is 23.8 Å². The van der Waals surface area contributed by atoms with Gasteiger partial charge in [-0.05, 0) is 37.6 Å². The third kappa shape index (κ3) is 3.93. The highest BCUT2D eigenvalue weighted by molar-refractivity contribution is 5.95. The van der Waals surface area contributed by atoms with Crippen molar-refractivity contribution >= 4 is 17.6 Å². The van der Waals surface area contributed by atoms with Crippen LogP contribution in [-0.4, -0.2) is 41.3 Å². The lowest BCUT2D eigenvalue weighted by atomic mass is 10.0. The Kier molecular flexibility index (Phi) is 4.77. The highest BCUT2D eigenvalue weighted by Gasteiger charge is 2.18. The van der Waals surface area contributed by atoms with Crippen molar-refractivity contribution in [1.82, 2.24) is 5.32 Å². The lowest BCUT2D eigenvalue weighted by Crippen LogP contribution is -2.34. The largest absolute Gasteiger partial charge is 0.482 e. The van der Waals surface area contributed by atoms with Crippen LogP contribution in [0.5, 0.6) is 5.75 Å². The van der Waals surface area contributed by atoms with E-state index in [9.17, 15) is 14.7 Å². The van der Waals surface area contributed by atoms with Gasteiger partial charge in [0, 0.05) is 0 Å². The van der Waals surface area contributed by atoms with Crippen LogP contribution in [0.15, 0.2) is 18.2 Å². The van der Waals surface area contributed by atoms with Crippen molar-refractivity contribution in [3.63, 3.8) is 0 Å². The number of aliphatic carboxylic acids is 1. The third-order valence-corrected chi connectivity index (χ3v) is 3.26. The fraction of sp³-hybridized carbons (Fsp3) is 0.429. The number of aliphatic hydroxyl groups is 1. The Morgan fingerprint density at radius 2 is 2.29 bits per heavy atom. The summed E-state index contributed by atoms with van der Waals surface area (Å²) >= 11 is 0. The van der Waals surface area contributed by atoms with Crippen LogP contribution in [0.4, 0.5) is 5.69 Å². The fourth-order valence-electron chi connectivity index (χ4n) is 2.00. The summed E-state index contributed by atoms with van der Waals surface area (Å²) in [5, 5.41) is 24.3. The van der Waals surface area contributed by atoms with Gasteiger partial charge in [0.25, 0.3) is 5.91 Å². The zero-order valence-electron chi connectivity index (χ0n) is 11.6. The molecule has 0 radical (unpaired) electrons. The van der Waals surface area contributed by atoms with Crippen molar-refractivity contribution in [1.29, 1.82) is 0 Å². The number of carboxylic acid groups (broad SMARTS) is 1. The van der Waals surface area contributed by atoms with E-state index in [4.69, 9.17) is 9.84 Å². The molecule has 2 atom stereocenters. The van der Waals surface area contributed by atoms with Crippen LogP contribution in [0.1, 0.15) is 25.0 Å². The fourth-order valence-corrected chi connectivity index (χ4v) is 2.00. The molecule has 0 saturated heterocycles. The van der Waals surface area contributed by atoms with Crippen molar-refractivity contribution in [2.45, 2.75) is 25.5 Å². The molecule has 7 nitrogen and oxygen atoms in total. The van der Waals surface area contributed by atoms with E-state index in [-0.39, 0.29) is 12.5 Å². The molecule has 0 aliphatic carbocycles. The lowest BCUT2D eigenvalue weighted by molar-refractivity contribution is -0.139. The lowest BCUT2D eigenvalue weighted by Gasteiger charge is -2.20. The quantitative estimate of drug-likeness (QED) is 0.608. The summed E-state index contributed by atoms with van der Waals surface area (Å²) in [5.41, 5.74) is 1.18. The van der Waals surface area contributed by atoms with Gasteiger partial charge in [0.2, 0.25) is 0 Å². The normalized spacial score (nSPS) is 16.4. The number of rotatable bonds is 6. The summed E-state index contributed by atoms with van der Waals surface area (Å²) in [6.45, 7) is 1.90. The summed E-state index contributed by atoms with van der Waals surface area (Å²) in [7, 11) is 0. The van der Waals surface area contributed by atoms with Crippen molar-refractivity contribution in [2.24, 2.45) is 0 Å². The Morgan fingerprint density at radius 3 is 3.00 bits per heavy atom. The number of amides is 1. The first-order valence-corrected chi connectivity index (χ1v) is 6.68. The van der Waals surface area contributed by atoms with E-state index in [1.54, 1.807) is 25.1 Å². The molecule has 7 heteroatoms. The molecule has 1 aromatic rings. The van der Waals surface area contributed by atoms with E-state index in [2.05, 4.69) is 10.6 Å². The van der Waals surface area contributed by atoms with Crippen LogP contribution >= 0.6 is 0 Å². The molecule has 1 amide bonds.